The van der Waals surface area contributed by atoms with Gasteiger partial charge in [-0.2, -0.15) is 26.3 Å². The highest BCUT2D eigenvalue weighted by molar-refractivity contribution is 5.72. The van der Waals surface area contributed by atoms with Gasteiger partial charge in [0.25, 0.3) is 0 Å². The van der Waals surface area contributed by atoms with Crippen molar-refractivity contribution in [3.8, 4) is 0 Å². The minimum absolute atomic E-state index is 0.219. The molecule has 1 rings (SSSR count). The van der Waals surface area contributed by atoms with Crippen LogP contribution >= 0.6 is 0 Å². The molecule has 0 aromatic heterocycles. The van der Waals surface area contributed by atoms with Crippen molar-refractivity contribution < 1.29 is 41.4 Å². The monoisotopic (exact) mass is 359 g/mol. The lowest BCUT2D eigenvalue weighted by Gasteiger charge is -2.25. The van der Waals surface area contributed by atoms with Gasteiger partial charge in [0, 0.05) is 19.0 Å². The van der Waals surface area contributed by atoms with Crippen molar-refractivity contribution in [1.82, 2.24) is 5.32 Å². The standard InChI is InChI=1S/C14H15F6NO3/c1-7(22)21-6-5-10(23)12(24)11-8(13(15,16)17)3-2-4-9(11)14(18,19)20/h2-4,10,12,23-24H,5-6H2,1H3,(H,21,22). The van der Waals surface area contributed by atoms with Gasteiger partial charge in [-0.25, -0.2) is 0 Å². The van der Waals surface area contributed by atoms with Gasteiger partial charge in [-0.1, -0.05) is 6.07 Å². The van der Waals surface area contributed by atoms with Crippen molar-refractivity contribution in [2.24, 2.45) is 0 Å². The molecule has 2 unspecified atom stereocenters. The largest absolute Gasteiger partial charge is 0.416 e. The molecule has 2 atom stereocenters. The quantitative estimate of drug-likeness (QED) is 0.708. The topological polar surface area (TPSA) is 69.6 Å². The molecule has 0 aliphatic rings. The minimum Gasteiger partial charge on any atom is -0.390 e. The van der Waals surface area contributed by atoms with E-state index in [2.05, 4.69) is 5.32 Å². The number of benzene rings is 1. The van der Waals surface area contributed by atoms with E-state index >= 15 is 0 Å². The van der Waals surface area contributed by atoms with Gasteiger partial charge in [0.1, 0.15) is 6.10 Å². The first kappa shape index (κ1) is 20.2. The molecule has 1 amide bonds. The molecule has 0 aliphatic carbocycles. The van der Waals surface area contributed by atoms with Crippen LogP contribution in [0.2, 0.25) is 0 Å². The molecular weight excluding hydrogens is 344 g/mol. The summed E-state index contributed by atoms with van der Waals surface area (Å²) in [7, 11) is 0. The van der Waals surface area contributed by atoms with Gasteiger partial charge >= 0.3 is 12.4 Å². The second-order valence-corrected chi connectivity index (χ2v) is 5.05. The first-order valence-corrected chi connectivity index (χ1v) is 6.73. The smallest absolute Gasteiger partial charge is 0.390 e. The normalized spacial score (nSPS) is 15.0. The number of rotatable bonds is 5. The Hall–Kier alpha value is -1.81. The Balaban J connectivity index is 3.25. The van der Waals surface area contributed by atoms with Gasteiger partial charge in [-0.15, -0.1) is 0 Å². The van der Waals surface area contributed by atoms with Crippen LogP contribution in [0.3, 0.4) is 0 Å². The van der Waals surface area contributed by atoms with E-state index in [0.717, 1.165) is 6.92 Å². The third kappa shape index (κ3) is 5.10. The third-order valence-electron chi connectivity index (χ3n) is 3.19. The molecule has 4 nitrogen and oxygen atoms in total. The van der Waals surface area contributed by atoms with Crippen molar-refractivity contribution in [1.29, 1.82) is 0 Å². The van der Waals surface area contributed by atoms with E-state index in [1.54, 1.807) is 0 Å². The van der Waals surface area contributed by atoms with Gasteiger partial charge in [-0.05, 0) is 18.6 Å². The SMILES string of the molecule is CC(=O)NCCC(O)C(O)c1c(C(F)(F)F)cccc1C(F)(F)F. The van der Waals surface area contributed by atoms with Gasteiger partial charge in [0.05, 0.1) is 17.2 Å². The zero-order valence-electron chi connectivity index (χ0n) is 12.4. The number of carbonyl (C=O) groups excluding carboxylic acids is 1. The van der Waals surface area contributed by atoms with E-state index in [1.165, 1.54) is 0 Å². The highest BCUT2D eigenvalue weighted by atomic mass is 19.4. The van der Waals surface area contributed by atoms with Crippen molar-refractivity contribution in [3.63, 3.8) is 0 Å². The first-order valence-electron chi connectivity index (χ1n) is 6.73. The number of halogens is 6. The zero-order valence-corrected chi connectivity index (χ0v) is 12.4. The summed E-state index contributed by atoms with van der Waals surface area (Å²) in [6.07, 6.45) is -15.1. The van der Waals surface area contributed by atoms with E-state index in [-0.39, 0.29) is 6.54 Å². The number of nitrogens with one attached hydrogen (secondary N) is 1. The van der Waals surface area contributed by atoms with E-state index in [1.807, 2.05) is 0 Å². The number of aliphatic hydroxyl groups excluding tert-OH is 2. The Morgan fingerprint density at radius 3 is 1.92 bits per heavy atom. The average Bonchev–Trinajstić information content (AvgIpc) is 2.43. The van der Waals surface area contributed by atoms with Gasteiger partial charge in [0.15, 0.2) is 0 Å². The van der Waals surface area contributed by atoms with E-state index < -0.39 is 53.6 Å². The van der Waals surface area contributed by atoms with Crippen LogP contribution in [0.15, 0.2) is 18.2 Å². The summed E-state index contributed by atoms with van der Waals surface area (Å²) >= 11 is 0. The summed E-state index contributed by atoms with van der Waals surface area (Å²) in [5, 5.41) is 21.8. The second kappa shape index (κ2) is 7.39. The number of hydrogen-bond acceptors (Lipinski definition) is 3. The molecule has 0 aliphatic heterocycles. The predicted octanol–water partition coefficient (Wildman–Crippen LogP) is 2.64. The van der Waals surface area contributed by atoms with Crippen LogP contribution in [0.4, 0.5) is 26.3 Å². The third-order valence-corrected chi connectivity index (χ3v) is 3.19. The van der Waals surface area contributed by atoms with Crippen LogP contribution in [0.1, 0.15) is 36.1 Å². The van der Waals surface area contributed by atoms with Crippen LogP contribution in [0, 0.1) is 0 Å². The summed E-state index contributed by atoms with van der Waals surface area (Å²) in [5.74, 6) is -0.497. The fourth-order valence-corrected chi connectivity index (χ4v) is 2.12. The molecule has 136 valence electrons. The Morgan fingerprint density at radius 1 is 1.08 bits per heavy atom. The molecule has 0 heterocycles. The van der Waals surface area contributed by atoms with Crippen molar-refractivity contribution >= 4 is 5.91 Å². The lowest BCUT2D eigenvalue weighted by molar-refractivity contribution is -0.147. The number of carbonyl (C=O) groups is 1. The summed E-state index contributed by atoms with van der Waals surface area (Å²) in [6.45, 7) is 0.923. The van der Waals surface area contributed by atoms with Crippen molar-refractivity contribution in [2.75, 3.05) is 6.54 Å². The lowest BCUT2D eigenvalue weighted by atomic mass is 9.91. The lowest BCUT2D eigenvalue weighted by Crippen LogP contribution is -2.30. The van der Waals surface area contributed by atoms with Crippen molar-refractivity contribution in [2.45, 2.75) is 37.9 Å². The van der Waals surface area contributed by atoms with Gasteiger partial charge in [-0.3, -0.25) is 4.79 Å². The number of aliphatic hydroxyl groups is 2. The molecule has 0 spiro atoms. The van der Waals surface area contributed by atoms with Crippen LogP contribution in [-0.2, 0) is 17.1 Å². The molecule has 10 heteroatoms. The molecule has 0 fully saturated rings. The fourth-order valence-electron chi connectivity index (χ4n) is 2.12. The number of amides is 1. The van der Waals surface area contributed by atoms with Crippen molar-refractivity contribution in [3.05, 3.63) is 34.9 Å². The maximum Gasteiger partial charge on any atom is 0.416 e. The van der Waals surface area contributed by atoms with Gasteiger partial charge in [0.2, 0.25) is 5.91 Å². The molecule has 3 N–H and O–H groups in total. The molecule has 1 aromatic carbocycles. The first-order chi connectivity index (χ1) is 10.9. The molecular formula is C14H15F6NO3. The summed E-state index contributed by atoms with van der Waals surface area (Å²) in [6, 6.07) is 1.37. The zero-order chi connectivity index (χ0) is 18.7. The van der Waals surface area contributed by atoms with Crippen LogP contribution in [0.5, 0.6) is 0 Å². The highest BCUT2D eigenvalue weighted by Gasteiger charge is 2.43. The summed E-state index contributed by atoms with van der Waals surface area (Å²) < 4.78 is 77.9. The predicted molar refractivity (Wildman–Crippen MR) is 70.7 cm³/mol. The molecule has 1 aromatic rings. The van der Waals surface area contributed by atoms with E-state index in [0.29, 0.717) is 18.2 Å². The van der Waals surface area contributed by atoms with Crippen LogP contribution in [-0.4, -0.2) is 28.8 Å². The molecule has 0 saturated carbocycles. The molecule has 0 saturated heterocycles. The summed E-state index contributed by atoms with van der Waals surface area (Å²) in [4.78, 5) is 10.7. The number of hydrogen-bond donors (Lipinski definition) is 3. The second-order valence-electron chi connectivity index (χ2n) is 5.05. The Labute approximate surface area is 133 Å². The van der Waals surface area contributed by atoms with Gasteiger partial charge < -0.3 is 15.5 Å². The van der Waals surface area contributed by atoms with Crippen LogP contribution < -0.4 is 5.32 Å². The molecule has 24 heavy (non-hydrogen) atoms. The molecule has 0 bridgehead atoms. The fraction of sp³-hybridized carbons (Fsp3) is 0.500. The Morgan fingerprint density at radius 2 is 1.54 bits per heavy atom. The molecule has 0 radical (unpaired) electrons. The average molecular weight is 359 g/mol. The van der Waals surface area contributed by atoms with E-state index in [9.17, 15) is 41.4 Å². The highest BCUT2D eigenvalue weighted by Crippen LogP contribution is 2.42. The maximum absolute atomic E-state index is 13.0. The Bertz CT molecular complexity index is 553. The summed E-state index contributed by atoms with van der Waals surface area (Å²) in [5.41, 5.74) is -4.79. The van der Waals surface area contributed by atoms with E-state index in [4.69, 9.17) is 0 Å². The number of alkyl halides is 6. The van der Waals surface area contributed by atoms with Crippen LogP contribution in [0.25, 0.3) is 0 Å². The Kier molecular flexibility index (Phi) is 6.23. The maximum atomic E-state index is 13.0. The minimum atomic E-state index is -5.14.